The number of para-hydroxylation sites is 2. The van der Waals surface area contributed by atoms with E-state index in [0.717, 1.165) is 0 Å². The van der Waals surface area contributed by atoms with E-state index in [1.165, 1.54) is 76.9 Å². The SMILES string of the molecule is CC(C)(C)c1ccc2c(-c3ccccc3)c3ccccc3c(-c3ccc(-n4c5ccccc5c5ccccc54)cc3)c2c1. The molecule has 0 saturated heterocycles. The smallest absolute Gasteiger partial charge is 0.0541 e. The first-order valence-electron chi connectivity index (χ1n) is 15.1. The molecule has 0 amide bonds. The summed E-state index contributed by atoms with van der Waals surface area (Å²) in [5.41, 5.74) is 10.1. The van der Waals surface area contributed by atoms with Crippen molar-refractivity contribution in [3.63, 3.8) is 0 Å². The Balaban J connectivity index is 1.41. The lowest BCUT2D eigenvalue weighted by molar-refractivity contribution is 0.591. The molecule has 206 valence electrons. The van der Waals surface area contributed by atoms with Crippen LogP contribution < -0.4 is 0 Å². The summed E-state index contributed by atoms with van der Waals surface area (Å²) < 4.78 is 2.39. The number of hydrogen-bond donors (Lipinski definition) is 0. The normalized spacial score (nSPS) is 12.1. The van der Waals surface area contributed by atoms with Gasteiger partial charge in [-0.05, 0) is 85.1 Å². The molecule has 1 nitrogen and oxygen atoms in total. The second-order valence-electron chi connectivity index (χ2n) is 12.6. The third-order valence-electron chi connectivity index (χ3n) is 8.95. The number of hydrogen-bond acceptors (Lipinski definition) is 0. The van der Waals surface area contributed by atoms with Crippen molar-refractivity contribution in [3.05, 3.63) is 151 Å². The second kappa shape index (κ2) is 9.71. The Hall–Kier alpha value is -5.14. The fraction of sp³-hybridized carbons (Fsp3) is 0.0952. The van der Waals surface area contributed by atoms with Crippen LogP contribution in [0.5, 0.6) is 0 Å². The van der Waals surface area contributed by atoms with E-state index >= 15 is 0 Å². The molecule has 0 fully saturated rings. The van der Waals surface area contributed by atoms with Crippen LogP contribution in [0.15, 0.2) is 146 Å². The number of benzene rings is 7. The molecule has 0 N–H and O–H groups in total. The van der Waals surface area contributed by atoms with E-state index in [0.29, 0.717) is 0 Å². The second-order valence-corrected chi connectivity index (χ2v) is 12.6. The molecule has 1 heterocycles. The van der Waals surface area contributed by atoms with Crippen LogP contribution >= 0.6 is 0 Å². The minimum absolute atomic E-state index is 0.0460. The van der Waals surface area contributed by atoms with Crippen molar-refractivity contribution in [1.29, 1.82) is 0 Å². The van der Waals surface area contributed by atoms with Crippen molar-refractivity contribution in [2.45, 2.75) is 26.2 Å². The Morgan fingerprint density at radius 1 is 0.395 bits per heavy atom. The van der Waals surface area contributed by atoms with Gasteiger partial charge >= 0.3 is 0 Å². The van der Waals surface area contributed by atoms with Gasteiger partial charge in [0.05, 0.1) is 11.0 Å². The van der Waals surface area contributed by atoms with Crippen molar-refractivity contribution in [2.75, 3.05) is 0 Å². The van der Waals surface area contributed by atoms with Crippen LogP contribution in [0.2, 0.25) is 0 Å². The van der Waals surface area contributed by atoms with Crippen molar-refractivity contribution in [3.8, 4) is 27.9 Å². The number of nitrogens with zero attached hydrogens (tertiary/aromatic N) is 1. The zero-order chi connectivity index (χ0) is 29.1. The highest BCUT2D eigenvalue weighted by atomic mass is 15.0. The maximum absolute atomic E-state index is 2.43. The summed E-state index contributed by atoms with van der Waals surface area (Å²) in [5, 5.41) is 7.72. The fourth-order valence-corrected chi connectivity index (χ4v) is 6.85. The summed E-state index contributed by atoms with van der Waals surface area (Å²) in [7, 11) is 0. The average molecular weight is 552 g/mol. The van der Waals surface area contributed by atoms with Gasteiger partial charge in [-0.2, -0.15) is 0 Å². The van der Waals surface area contributed by atoms with Crippen LogP contribution in [0.4, 0.5) is 0 Å². The third kappa shape index (κ3) is 4.07. The number of aromatic nitrogens is 1. The third-order valence-corrected chi connectivity index (χ3v) is 8.95. The molecule has 1 heteroatoms. The van der Waals surface area contributed by atoms with Crippen LogP contribution in [-0.2, 0) is 5.41 Å². The molecule has 0 atom stereocenters. The van der Waals surface area contributed by atoms with Crippen LogP contribution in [0, 0.1) is 0 Å². The Morgan fingerprint density at radius 3 is 1.44 bits per heavy atom. The molecule has 8 aromatic rings. The first kappa shape index (κ1) is 25.6. The Kier molecular flexibility index (Phi) is 5.77. The first-order valence-corrected chi connectivity index (χ1v) is 15.1. The average Bonchev–Trinajstić information content (AvgIpc) is 3.38. The zero-order valence-corrected chi connectivity index (χ0v) is 24.8. The first-order chi connectivity index (χ1) is 21.0. The molecule has 0 saturated carbocycles. The molecule has 0 unspecified atom stereocenters. The van der Waals surface area contributed by atoms with Gasteiger partial charge in [-0.25, -0.2) is 0 Å². The van der Waals surface area contributed by atoms with E-state index < -0.39 is 0 Å². The molecule has 43 heavy (non-hydrogen) atoms. The number of fused-ring (bicyclic) bond motifs is 5. The van der Waals surface area contributed by atoms with E-state index in [-0.39, 0.29) is 5.41 Å². The molecule has 0 aliphatic carbocycles. The summed E-state index contributed by atoms with van der Waals surface area (Å²) >= 11 is 0. The summed E-state index contributed by atoms with van der Waals surface area (Å²) in [4.78, 5) is 0. The summed E-state index contributed by atoms with van der Waals surface area (Å²) in [6, 6.07) is 53.5. The quantitative estimate of drug-likeness (QED) is 0.192. The predicted octanol–water partition coefficient (Wildman–Crippen LogP) is 11.7. The Bertz CT molecular complexity index is 2240. The van der Waals surface area contributed by atoms with Gasteiger partial charge in [-0.1, -0.05) is 136 Å². The van der Waals surface area contributed by atoms with Crippen molar-refractivity contribution in [1.82, 2.24) is 4.57 Å². The minimum Gasteiger partial charge on any atom is -0.309 e. The number of rotatable bonds is 3. The van der Waals surface area contributed by atoms with E-state index in [9.17, 15) is 0 Å². The maximum Gasteiger partial charge on any atom is 0.0541 e. The molecule has 0 bridgehead atoms. The van der Waals surface area contributed by atoms with Gasteiger partial charge in [-0.15, -0.1) is 0 Å². The van der Waals surface area contributed by atoms with Crippen molar-refractivity contribution in [2.24, 2.45) is 0 Å². The molecule has 0 aliphatic heterocycles. The van der Waals surface area contributed by atoms with Gasteiger partial charge in [0.1, 0.15) is 0 Å². The van der Waals surface area contributed by atoms with Gasteiger partial charge in [0, 0.05) is 16.5 Å². The fourth-order valence-electron chi connectivity index (χ4n) is 6.85. The van der Waals surface area contributed by atoms with E-state index in [1.807, 2.05) is 0 Å². The van der Waals surface area contributed by atoms with Crippen LogP contribution in [0.3, 0.4) is 0 Å². The topological polar surface area (TPSA) is 4.93 Å². The lowest BCUT2D eigenvalue weighted by Crippen LogP contribution is -2.10. The molecular weight excluding hydrogens is 518 g/mol. The zero-order valence-electron chi connectivity index (χ0n) is 24.8. The molecule has 1 aromatic heterocycles. The monoisotopic (exact) mass is 551 g/mol. The van der Waals surface area contributed by atoms with Gasteiger partial charge in [0.25, 0.3) is 0 Å². The highest BCUT2D eigenvalue weighted by Gasteiger charge is 2.20. The Morgan fingerprint density at radius 2 is 0.860 bits per heavy atom. The maximum atomic E-state index is 2.43. The van der Waals surface area contributed by atoms with Gasteiger partial charge in [0.2, 0.25) is 0 Å². The van der Waals surface area contributed by atoms with Crippen molar-refractivity contribution < 1.29 is 0 Å². The summed E-state index contributed by atoms with van der Waals surface area (Å²) in [6.45, 7) is 6.90. The predicted molar refractivity (Wildman–Crippen MR) is 185 cm³/mol. The molecule has 0 spiro atoms. The lowest BCUT2D eigenvalue weighted by atomic mass is 9.81. The lowest BCUT2D eigenvalue weighted by Gasteiger charge is -2.23. The minimum atomic E-state index is 0.0460. The van der Waals surface area contributed by atoms with E-state index in [4.69, 9.17) is 0 Å². The van der Waals surface area contributed by atoms with E-state index in [2.05, 4.69) is 171 Å². The van der Waals surface area contributed by atoms with Gasteiger partial charge in [0.15, 0.2) is 0 Å². The largest absolute Gasteiger partial charge is 0.309 e. The van der Waals surface area contributed by atoms with Crippen LogP contribution in [0.25, 0.3) is 71.3 Å². The molecular formula is C42H33N. The van der Waals surface area contributed by atoms with Gasteiger partial charge < -0.3 is 4.57 Å². The van der Waals surface area contributed by atoms with Crippen molar-refractivity contribution >= 4 is 43.4 Å². The molecule has 0 aliphatic rings. The van der Waals surface area contributed by atoms with Crippen LogP contribution in [-0.4, -0.2) is 4.57 Å². The van der Waals surface area contributed by atoms with Crippen LogP contribution in [0.1, 0.15) is 26.3 Å². The summed E-state index contributed by atoms with van der Waals surface area (Å²) in [5.74, 6) is 0. The Labute approximate surface area is 252 Å². The summed E-state index contributed by atoms with van der Waals surface area (Å²) in [6.07, 6.45) is 0. The molecule has 0 radical (unpaired) electrons. The highest BCUT2D eigenvalue weighted by Crippen LogP contribution is 2.45. The van der Waals surface area contributed by atoms with Gasteiger partial charge in [-0.3, -0.25) is 0 Å². The molecule has 8 rings (SSSR count). The highest BCUT2D eigenvalue weighted by molar-refractivity contribution is 6.21. The molecule has 7 aromatic carbocycles. The van der Waals surface area contributed by atoms with E-state index in [1.54, 1.807) is 0 Å². The standard InChI is InChI=1S/C42H33N/c1-42(2,3)30-23-26-36-37(27-30)41(35-18-8-7-17-34(35)40(36)28-13-5-4-6-14-28)29-21-24-31(25-22-29)43-38-19-11-9-15-32(38)33-16-10-12-20-39(33)43/h4-27H,1-3H3.